The number of amides is 2. The normalized spacial score (nSPS) is 21.9. The number of benzene rings is 1. The summed E-state index contributed by atoms with van der Waals surface area (Å²) in [6.45, 7) is 2.61. The van der Waals surface area contributed by atoms with Crippen molar-refractivity contribution in [1.82, 2.24) is 14.8 Å². The smallest absolute Gasteiger partial charge is 0.271 e. The Morgan fingerprint density at radius 3 is 2.80 bits per heavy atom. The van der Waals surface area contributed by atoms with Crippen LogP contribution in [0.1, 0.15) is 48.7 Å². The molecule has 1 unspecified atom stereocenters. The number of hydrogen-bond donors (Lipinski definition) is 1. The number of carbonyl (C=O) groups excluding carboxylic acids is 2. The van der Waals surface area contributed by atoms with Crippen LogP contribution in [0.15, 0.2) is 41.8 Å². The lowest BCUT2D eigenvalue weighted by atomic mass is 9.93. The third-order valence-electron chi connectivity index (χ3n) is 6.49. The van der Waals surface area contributed by atoms with Gasteiger partial charge in [0.1, 0.15) is 16.1 Å². The van der Waals surface area contributed by atoms with E-state index in [4.69, 9.17) is 11.6 Å². The van der Waals surface area contributed by atoms with Gasteiger partial charge in [-0.05, 0) is 48.9 Å². The Bertz CT molecular complexity index is 1130. The van der Waals surface area contributed by atoms with E-state index in [1.165, 1.54) is 0 Å². The molecule has 7 heteroatoms. The Kier molecular flexibility index (Phi) is 4.86. The highest BCUT2D eigenvalue weighted by molar-refractivity contribution is 7.16. The molecule has 1 saturated carbocycles. The van der Waals surface area contributed by atoms with E-state index in [2.05, 4.69) is 5.32 Å². The molecule has 5 rings (SSSR count). The maximum absolute atomic E-state index is 13.6. The fourth-order valence-electron chi connectivity index (χ4n) is 4.71. The number of carbonyl (C=O) groups is 2. The Balaban J connectivity index is 1.57. The maximum atomic E-state index is 13.6. The average Bonchev–Trinajstić information content (AvgIpc) is 3.45. The molecule has 1 fully saturated rings. The summed E-state index contributed by atoms with van der Waals surface area (Å²) in [5, 5.41) is 6.90. The first-order valence-corrected chi connectivity index (χ1v) is 11.7. The van der Waals surface area contributed by atoms with Crippen molar-refractivity contribution in [2.75, 3.05) is 0 Å². The predicted molar refractivity (Wildman–Crippen MR) is 120 cm³/mol. The van der Waals surface area contributed by atoms with Crippen molar-refractivity contribution in [3.63, 3.8) is 0 Å². The lowest BCUT2D eigenvalue weighted by Crippen LogP contribution is -2.64. The van der Waals surface area contributed by atoms with Crippen molar-refractivity contribution in [2.45, 2.75) is 57.3 Å². The molecule has 1 aromatic carbocycles. The summed E-state index contributed by atoms with van der Waals surface area (Å²) in [4.78, 5) is 30.0. The minimum atomic E-state index is -0.998. The number of thiophene rings is 1. The molecule has 1 aliphatic heterocycles. The molecule has 2 aromatic heterocycles. The predicted octanol–water partition coefficient (Wildman–Crippen LogP) is 4.83. The largest absolute Gasteiger partial charge is 0.351 e. The van der Waals surface area contributed by atoms with E-state index in [0.29, 0.717) is 23.8 Å². The molecule has 0 saturated heterocycles. The van der Waals surface area contributed by atoms with Crippen molar-refractivity contribution in [2.24, 2.45) is 0 Å². The summed E-state index contributed by atoms with van der Waals surface area (Å²) in [6.07, 6.45) is 4.29. The SMILES string of the molecule is CC1(C(=O)NC2CCCC2)Cn2c(cc3ccsc32)C(=O)N1Cc1ccccc1Cl. The summed E-state index contributed by atoms with van der Waals surface area (Å²) in [6, 6.07) is 11.7. The van der Waals surface area contributed by atoms with E-state index >= 15 is 0 Å². The number of aromatic nitrogens is 1. The molecule has 0 spiro atoms. The Labute approximate surface area is 184 Å². The van der Waals surface area contributed by atoms with Crippen molar-refractivity contribution in [1.29, 1.82) is 0 Å². The van der Waals surface area contributed by atoms with Gasteiger partial charge in [-0.2, -0.15) is 0 Å². The van der Waals surface area contributed by atoms with Crippen LogP contribution in [0.3, 0.4) is 0 Å². The number of halogens is 1. The van der Waals surface area contributed by atoms with E-state index in [0.717, 1.165) is 41.5 Å². The second kappa shape index (κ2) is 7.43. The van der Waals surface area contributed by atoms with Crippen molar-refractivity contribution < 1.29 is 9.59 Å². The molecular weight excluding hydrogens is 418 g/mol. The van der Waals surface area contributed by atoms with Gasteiger partial charge in [-0.1, -0.05) is 42.6 Å². The van der Waals surface area contributed by atoms with Gasteiger partial charge in [0.15, 0.2) is 0 Å². The molecular formula is C23H24ClN3O2S. The van der Waals surface area contributed by atoms with E-state index in [9.17, 15) is 9.59 Å². The number of rotatable bonds is 4. The van der Waals surface area contributed by atoms with Crippen LogP contribution in [0.2, 0.25) is 5.02 Å². The minimum Gasteiger partial charge on any atom is -0.351 e. The fourth-order valence-corrected chi connectivity index (χ4v) is 5.81. The van der Waals surface area contributed by atoms with Crippen LogP contribution in [0.4, 0.5) is 0 Å². The molecule has 30 heavy (non-hydrogen) atoms. The molecule has 1 aliphatic carbocycles. The van der Waals surface area contributed by atoms with Crippen LogP contribution in [0, 0.1) is 0 Å². The highest BCUT2D eigenvalue weighted by Crippen LogP contribution is 2.36. The Morgan fingerprint density at radius 2 is 2.03 bits per heavy atom. The molecule has 2 aliphatic rings. The molecule has 3 heterocycles. The van der Waals surface area contributed by atoms with Crippen molar-refractivity contribution >= 4 is 45.0 Å². The van der Waals surface area contributed by atoms with Gasteiger partial charge in [-0.15, -0.1) is 11.3 Å². The molecule has 1 atom stereocenters. The third-order valence-corrected chi connectivity index (χ3v) is 7.81. The van der Waals surface area contributed by atoms with Gasteiger partial charge in [-0.3, -0.25) is 9.59 Å². The first-order valence-electron chi connectivity index (χ1n) is 10.4. The van der Waals surface area contributed by atoms with Gasteiger partial charge in [0.2, 0.25) is 5.91 Å². The first-order chi connectivity index (χ1) is 14.5. The Morgan fingerprint density at radius 1 is 1.27 bits per heavy atom. The third kappa shape index (κ3) is 3.13. The van der Waals surface area contributed by atoms with Crippen LogP contribution in [-0.2, 0) is 17.9 Å². The summed E-state index contributed by atoms with van der Waals surface area (Å²) < 4.78 is 2.01. The van der Waals surface area contributed by atoms with Crippen molar-refractivity contribution in [3.8, 4) is 0 Å². The van der Waals surface area contributed by atoms with Gasteiger partial charge >= 0.3 is 0 Å². The van der Waals surface area contributed by atoms with Gasteiger partial charge in [0.25, 0.3) is 5.91 Å². The summed E-state index contributed by atoms with van der Waals surface area (Å²) in [5.74, 6) is -0.215. The second-order valence-corrected chi connectivity index (χ2v) is 9.81. The maximum Gasteiger partial charge on any atom is 0.271 e. The molecule has 5 nitrogen and oxygen atoms in total. The molecule has 1 N–H and O–H groups in total. The van der Waals surface area contributed by atoms with E-state index in [1.807, 2.05) is 53.3 Å². The Hall–Kier alpha value is -2.31. The quantitative estimate of drug-likeness (QED) is 0.630. The standard InChI is InChI=1S/C23H24ClN3O2S/c1-23(22(29)25-17-7-3-4-8-17)14-26-19(12-15-10-11-30-21(15)26)20(28)27(23)13-16-6-2-5-9-18(16)24/h2,5-6,9-12,17H,3-4,7-8,13-14H2,1H3,(H,25,29). The molecule has 2 amide bonds. The number of nitrogens with zero attached hydrogens (tertiary/aromatic N) is 2. The summed E-state index contributed by atoms with van der Waals surface area (Å²) in [5.41, 5.74) is 0.478. The van der Waals surface area contributed by atoms with Gasteiger partial charge in [0, 0.05) is 23.0 Å². The van der Waals surface area contributed by atoms with Crippen molar-refractivity contribution in [3.05, 3.63) is 58.1 Å². The van der Waals surface area contributed by atoms with Gasteiger partial charge in [-0.25, -0.2) is 0 Å². The molecule has 0 bridgehead atoms. The zero-order valence-electron chi connectivity index (χ0n) is 16.9. The van der Waals surface area contributed by atoms with E-state index in [-0.39, 0.29) is 17.9 Å². The monoisotopic (exact) mass is 441 g/mol. The zero-order chi connectivity index (χ0) is 20.9. The lowest BCUT2D eigenvalue weighted by Gasteiger charge is -2.44. The molecule has 0 radical (unpaired) electrons. The lowest BCUT2D eigenvalue weighted by molar-refractivity contribution is -0.133. The second-order valence-electron chi connectivity index (χ2n) is 8.51. The summed E-state index contributed by atoms with van der Waals surface area (Å²) in [7, 11) is 0. The van der Waals surface area contributed by atoms with Gasteiger partial charge in [0.05, 0.1) is 6.54 Å². The number of fused-ring (bicyclic) bond motifs is 3. The van der Waals surface area contributed by atoms with Crippen LogP contribution in [0.25, 0.3) is 10.2 Å². The topological polar surface area (TPSA) is 54.3 Å². The zero-order valence-corrected chi connectivity index (χ0v) is 18.4. The number of nitrogens with one attached hydrogen (secondary N) is 1. The highest BCUT2D eigenvalue weighted by Gasteiger charge is 2.48. The van der Waals surface area contributed by atoms with Gasteiger partial charge < -0.3 is 14.8 Å². The van der Waals surface area contributed by atoms with Crippen LogP contribution in [0.5, 0.6) is 0 Å². The first kappa shape index (κ1) is 19.6. The van der Waals surface area contributed by atoms with E-state index in [1.54, 1.807) is 16.2 Å². The van der Waals surface area contributed by atoms with Crippen LogP contribution < -0.4 is 5.32 Å². The fraction of sp³-hybridized carbons (Fsp3) is 0.391. The summed E-state index contributed by atoms with van der Waals surface area (Å²) >= 11 is 8.01. The highest BCUT2D eigenvalue weighted by atomic mass is 35.5. The van der Waals surface area contributed by atoms with Crippen LogP contribution >= 0.6 is 22.9 Å². The molecule has 3 aromatic rings. The van der Waals surface area contributed by atoms with Crippen LogP contribution in [-0.4, -0.2) is 32.9 Å². The molecule has 156 valence electrons. The average molecular weight is 442 g/mol. The number of hydrogen-bond acceptors (Lipinski definition) is 3. The minimum absolute atomic E-state index is 0.0844. The van der Waals surface area contributed by atoms with E-state index < -0.39 is 5.54 Å².